The molecular formula is C9H7NO3S. The molecule has 0 bridgehead atoms. The molecule has 0 unspecified atom stereocenters. The fraction of sp³-hybridized carbons (Fsp3) is 0. The summed E-state index contributed by atoms with van der Waals surface area (Å²) in [6, 6.07) is 3.23. The van der Waals surface area contributed by atoms with Crippen molar-refractivity contribution >= 4 is 33.1 Å². The van der Waals surface area contributed by atoms with E-state index in [-0.39, 0.29) is 17.0 Å². The first-order valence-corrected chi connectivity index (χ1v) is 4.71. The Morgan fingerprint density at radius 2 is 2.21 bits per heavy atom. The topological polar surface area (TPSA) is 83.6 Å². The highest BCUT2D eigenvalue weighted by Crippen LogP contribution is 2.35. The predicted molar refractivity (Wildman–Crippen MR) is 54.9 cm³/mol. The van der Waals surface area contributed by atoms with Crippen molar-refractivity contribution in [2.24, 2.45) is 0 Å². The molecule has 4 nitrogen and oxygen atoms in total. The van der Waals surface area contributed by atoms with Crippen molar-refractivity contribution in [3.8, 4) is 5.75 Å². The van der Waals surface area contributed by atoms with E-state index in [4.69, 9.17) is 10.8 Å². The lowest BCUT2D eigenvalue weighted by Gasteiger charge is -2.04. The molecule has 0 fully saturated rings. The van der Waals surface area contributed by atoms with Gasteiger partial charge in [0.2, 0.25) is 0 Å². The summed E-state index contributed by atoms with van der Waals surface area (Å²) in [7, 11) is 0. The molecule has 5 heteroatoms. The molecule has 0 radical (unpaired) electrons. The van der Waals surface area contributed by atoms with Crippen molar-refractivity contribution in [2.45, 2.75) is 0 Å². The summed E-state index contributed by atoms with van der Waals surface area (Å²) in [6.07, 6.45) is 0. The molecule has 1 aromatic carbocycles. The number of nitrogens with two attached hydrogens (primary N) is 1. The molecular weight excluding hydrogens is 202 g/mol. The molecule has 0 spiro atoms. The van der Waals surface area contributed by atoms with Crippen LogP contribution in [-0.2, 0) is 0 Å². The van der Waals surface area contributed by atoms with Gasteiger partial charge in [0.25, 0.3) is 0 Å². The smallest absolute Gasteiger partial charge is 0.340 e. The number of anilines is 1. The van der Waals surface area contributed by atoms with Crippen LogP contribution in [0.15, 0.2) is 17.5 Å². The number of fused-ring (bicyclic) bond motifs is 1. The molecule has 0 amide bonds. The Labute approximate surface area is 83.2 Å². The fourth-order valence-electron chi connectivity index (χ4n) is 1.34. The quantitative estimate of drug-likeness (QED) is 0.494. The number of aromatic hydroxyl groups is 1. The number of aromatic carboxylic acids is 1. The van der Waals surface area contributed by atoms with E-state index in [1.54, 1.807) is 17.5 Å². The van der Waals surface area contributed by atoms with E-state index < -0.39 is 5.97 Å². The molecule has 14 heavy (non-hydrogen) atoms. The summed E-state index contributed by atoms with van der Waals surface area (Å²) in [5, 5.41) is 20.7. The van der Waals surface area contributed by atoms with Gasteiger partial charge < -0.3 is 15.9 Å². The Morgan fingerprint density at radius 1 is 1.50 bits per heavy atom. The lowest BCUT2D eigenvalue weighted by atomic mass is 10.1. The maximum absolute atomic E-state index is 10.9. The minimum Gasteiger partial charge on any atom is -0.505 e. The zero-order valence-electron chi connectivity index (χ0n) is 7.02. The lowest BCUT2D eigenvalue weighted by Crippen LogP contribution is -1.99. The highest BCUT2D eigenvalue weighted by Gasteiger charge is 2.17. The van der Waals surface area contributed by atoms with Crippen molar-refractivity contribution in [1.29, 1.82) is 0 Å². The Balaban J connectivity index is 2.93. The van der Waals surface area contributed by atoms with Gasteiger partial charge in [0, 0.05) is 10.1 Å². The number of nitrogen functional groups attached to an aromatic ring is 1. The van der Waals surface area contributed by atoms with Crippen LogP contribution in [0.1, 0.15) is 10.4 Å². The highest BCUT2D eigenvalue weighted by molar-refractivity contribution is 7.17. The number of rotatable bonds is 1. The van der Waals surface area contributed by atoms with Crippen LogP contribution in [0, 0.1) is 0 Å². The Morgan fingerprint density at radius 3 is 2.86 bits per heavy atom. The molecule has 4 N–H and O–H groups in total. The first-order valence-electron chi connectivity index (χ1n) is 3.83. The van der Waals surface area contributed by atoms with Crippen LogP contribution < -0.4 is 5.73 Å². The van der Waals surface area contributed by atoms with E-state index in [2.05, 4.69) is 0 Å². The van der Waals surface area contributed by atoms with Gasteiger partial charge in [-0.15, -0.1) is 11.3 Å². The molecule has 2 rings (SSSR count). The van der Waals surface area contributed by atoms with E-state index in [1.807, 2.05) is 0 Å². The molecule has 72 valence electrons. The van der Waals surface area contributed by atoms with Crippen LogP contribution in [-0.4, -0.2) is 16.2 Å². The molecule has 0 aliphatic rings. The fourth-order valence-corrected chi connectivity index (χ4v) is 2.18. The van der Waals surface area contributed by atoms with Crippen LogP contribution in [0.4, 0.5) is 5.69 Å². The maximum Gasteiger partial charge on any atom is 0.340 e. The second-order valence-electron chi connectivity index (χ2n) is 2.83. The Hall–Kier alpha value is -1.75. The van der Waals surface area contributed by atoms with Crippen LogP contribution in [0.25, 0.3) is 10.1 Å². The van der Waals surface area contributed by atoms with Gasteiger partial charge in [-0.05, 0) is 17.5 Å². The SMILES string of the molecule is Nc1cc2sccc2c(C(=O)O)c1O. The molecule has 0 saturated carbocycles. The van der Waals surface area contributed by atoms with Crippen LogP contribution in [0.3, 0.4) is 0 Å². The van der Waals surface area contributed by atoms with E-state index in [1.165, 1.54) is 11.3 Å². The average Bonchev–Trinajstić information content (AvgIpc) is 2.52. The van der Waals surface area contributed by atoms with Gasteiger partial charge in [-0.1, -0.05) is 0 Å². The van der Waals surface area contributed by atoms with Gasteiger partial charge in [0.1, 0.15) is 5.56 Å². The van der Waals surface area contributed by atoms with Crippen molar-refractivity contribution < 1.29 is 15.0 Å². The normalized spacial score (nSPS) is 10.6. The summed E-state index contributed by atoms with van der Waals surface area (Å²) in [5.74, 6) is -1.53. The molecule has 0 aliphatic carbocycles. The number of carboxylic acid groups (broad SMARTS) is 1. The van der Waals surface area contributed by atoms with Crippen LogP contribution in [0.5, 0.6) is 5.75 Å². The summed E-state index contributed by atoms with van der Waals surface area (Å²) < 4.78 is 0.762. The van der Waals surface area contributed by atoms with Crippen LogP contribution >= 0.6 is 11.3 Å². The minimum absolute atomic E-state index is 0.0948. The first kappa shape index (κ1) is 8.83. The number of carboxylic acids is 1. The van der Waals surface area contributed by atoms with Gasteiger partial charge in [0.15, 0.2) is 5.75 Å². The molecule has 1 heterocycles. The summed E-state index contributed by atoms with van der Waals surface area (Å²) >= 11 is 1.39. The second-order valence-corrected chi connectivity index (χ2v) is 3.77. The predicted octanol–water partition coefficient (Wildman–Crippen LogP) is 1.89. The monoisotopic (exact) mass is 209 g/mol. The Kier molecular flexibility index (Phi) is 1.82. The largest absolute Gasteiger partial charge is 0.505 e. The molecule has 0 aliphatic heterocycles. The Bertz CT molecular complexity index is 518. The van der Waals surface area contributed by atoms with Crippen molar-refractivity contribution in [1.82, 2.24) is 0 Å². The van der Waals surface area contributed by atoms with Gasteiger partial charge in [0.05, 0.1) is 5.69 Å². The van der Waals surface area contributed by atoms with E-state index in [9.17, 15) is 9.90 Å². The third-order valence-corrected chi connectivity index (χ3v) is 2.84. The number of hydrogen-bond acceptors (Lipinski definition) is 4. The second kappa shape index (κ2) is 2.88. The summed E-state index contributed by atoms with van der Waals surface area (Å²) in [4.78, 5) is 10.9. The number of thiophene rings is 1. The van der Waals surface area contributed by atoms with E-state index in [0.29, 0.717) is 5.39 Å². The summed E-state index contributed by atoms with van der Waals surface area (Å²) in [5.41, 5.74) is 5.45. The van der Waals surface area contributed by atoms with Gasteiger partial charge in [-0.2, -0.15) is 0 Å². The van der Waals surface area contributed by atoms with Gasteiger partial charge in [-0.3, -0.25) is 0 Å². The van der Waals surface area contributed by atoms with Crippen molar-refractivity contribution in [3.63, 3.8) is 0 Å². The standard InChI is InChI=1S/C9H7NO3S/c10-5-3-6-4(1-2-14-6)7(8(5)11)9(12)13/h1-3,11H,10H2,(H,12,13). The van der Waals surface area contributed by atoms with Crippen molar-refractivity contribution in [2.75, 3.05) is 5.73 Å². The minimum atomic E-state index is -1.17. The van der Waals surface area contributed by atoms with E-state index >= 15 is 0 Å². The number of hydrogen-bond donors (Lipinski definition) is 3. The zero-order valence-corrected chi connectivity index (χ0v) is 7.84. The molecule has 0 saturated heterocycles. The third-order valence-electron chi connectivity index (χ3n) is 1.98. The van der Waals surface area contributed by atoms with Crippen molar-refractivity contribution in [3.05, 3.63) is 23.1 Å². The molecule has 0 atom stereocenters. The number of carbonyl (C=O) groups is 1. The lowest BCUT2D eigenvalue weighted by molar-refractivity contribution is 0.0696. The molecule has 1 aromatic heterocycles. The summed E-state index contributed by atoms with van der Waals surface area (Å²) in [6.45, 7) is 0. The van der Waals surface area contributed by atoms with Gasteiger partial charge in [-0.25, -0.2) is 4.79 Å². The first-order chi connectivity index (χ1) is 6.61. The number of benzene rings is 1. The van der Waals surface area contributed by atoms with E-state index in [0.717, 1.165) is 4.70 Å². The van der Waals surface area contributed by atoms with Gasteiger partial charge >= 0.3 is 5.97 Å². The highest BCUT2D eigenvalue weighted by atomic mass is 32.1. The average molecular weight is 209 g/mol. The third kappa shape index (κ3) is 1.10. The maximum atomic E-state index is 10.9. The van der Waals surface area contributed by atoms with Crippen LogP contribution in [0.2, 0.25) is 0 Å². The number of phenols is 1. The molecule has 2 aromatic rings. The zero-order chi connectivity index (χ0) is 10.3.